The highest BCUT2D eigenvalue weighted by Crippen LogP contribution is 2.08. The van der Waals surface area contributed by atoms with Crippen LogP contribution >= 0.6 is 0 Å². The predicted octanol–water partition coefficient (Wildman–Crippen LogP) is 2.09. The molecule has 0 aliphatic carbocycles. The van der Waals surface area contributed by atoms with Gasteiger partial charge < -0.3 is 4.90 Å². The summed E-state index contributed by atoms with van der Waals surface area (Å²) in [7, 11) is 0. The van der Waals surface area contributed by atoms with Crippen molar-refractivity contribution in [3.05, 3.63) is 35.4 Å². The van der Waals surface area contributed by atoms with Gasteiger partial charge in [-0.05, 0) is 31.9 Å². The lowest BCUT2D eigenvalue weighted by Gasteiger charge is -2.34. The SMILES string of the molecule is CC(=O)N1CCN(CCCc2cccc(C)c2)CC1. The fraction of sp³-hybridized carbons (Fsp3) is 0.562. The molecule has 104 valence electrons. The number of carbonyl (C=O) groups excluding carboxylic acids is 1. The molecule has 1 saturated heterocycles. The first-order valence-electron chi connectivity index (χ1n) is 7.18. The average Bonchev–Trinajstić information content (AvgIpc) is 2.39. The van der Waals surface area contributed by atoms with E-state index in [1.807, 2.05) is 4.90 Å². The van der Waals surface area contributed by atoms with Crippen molar-refractivity contribution >= 4 is 5.91 Å². The molecule has 1 aliphatic rings. The third-order valence-electron chi connectivity index (χ3n) is 3.84. The molecule has 0 radical (unpaired) electrons. The van der Waals surface area contributed by atoms with Gasteiger partial charge in [0.25, 0.3) is 0 Å². The van der Waals surface area contributed by atoms with Crippen LogP contribution in [-0.2, 0) is 11.2 Å². The van der Waals surface area contributed by atoms with E-state index >= 15 is 0 Å². The Morgan fingerprint density at radius 1 is 1.21 bits per heavy atom. The zero-order valence-corrected chi connectivity index (χ0v) is 12.1. The number of hydrogen-bond acceptors (Lipinski definition) is 2. The van der Waals surface area contributed by atoms with Gasteiger partial charge in [0, 0.05) is 33.1 Å². The molecular formula is C16H24N2O. The molecule has 1 amide bonds. The maximum absolute atomic E-state index is 11.2. The molecule has 1 heterocycles. The zero-order chi connectivity index (χ0) is 13.7. The van der Waals surface area contributed by atoms with E-state index in [4.69, 9.17) is 0 Å². The fourth-order valence-electron chi connectivity index (χ4n) is 2.66. The third-order valence-corrected chi connectivity index (χ3v) is 3.84. The summed E-state index contributed by atoms with van der Waals surface area (Å²) in [5.74, 6) is 0.208. The molecule has 0 saturated carbocycles. The minimum Gasteiger partial charge on any atom is -0.340 e. The number of amides is 1. The number of piperazine rings is 1. The van der Waals surface area contributed by atoms with Gasteiger partial charge in [0.05, 0.1) is 0 Å². The molecule has 0 aromatic heterocycles. The molecular weight excluding hydrogens is 236 g/mol. The van der Waals surface area contributed by atoms with Crippen LogP contribution in [0.15, 0.2) is 24.3 Å². The number of carbonyl (C=O) groups is 1. The van der Waals surface area contributed by atoms with Crippen LogP contribution in [0, 0.1) is 6.92 Å². The summed E-state index contributed by atoms with van der Waals surface area (Å²) in [4.78, 5) is 15.7. The van der Waals surface area contributed by atoms with Crippen molar-refractivity contribution in [1.82, 2.24) is 9.80 Å². The monoisotopic (exact) mass is 260 g/mol. The Hall–Kier alpha value is -1.35. The van der Waals surface area contributed by atoms with E-state index in [1.54, 1.807) is 6.92 Å². The summed E-state index contributed by atoms with van der Waals surface area (Å²) < 4.78 is 0. The van der Waals surface area contributed by atoms with E-state index in [1.165, 1.54) is 17.5 Å². The number of hydrogen-bond donors (Lipinski definition) is 0. The number of benzene rings is 1. The van der Waals surface area contributed by atoms with Gasteiger partial charge >= 0.3 is 0 Å². The minimum atomic E-state index is 0.208. The molecule has 0 spiro atoms. The Balaban J connectivity index is 1.68. The second-order valence-electron chi connectivity index (χ2n) is 5.44. The Labute approximate surface area is 116 Å². The average molecular weight is 260 g/mol. The van der Waals surface area contributed by atoms with Gasteiger partial charge in [0.1, 0.15) is 0 Å². The van der Waals surface area contributed by atoms with E-state index in [9.17, 15) is 4.79 Å². The Kier molecular flexibility index (Phi) is 4.97. The Morgan fingerprint density at radius 2 is 1.95 bits per heavy atom. The van der Waals surface area contributed by atoms with Crippen molar-refractivity contribution in [3.8, 4) is 0 Å². The topological polar surface area (TPSA) is 23.6 Å². The lowest BCUT2D eigenvalue weighted by atomic mass is 10.1. The van der Waals surface area contributed by atoms with Gasteiger partial charge in [-0.1, -0.05) is 29.8 Å². The van der Waals surface area contributed by atoms with Gasteiger partial charge in [-0.3, -0.25) is 9.69 Å². The van der Waals surface area contributed by atoms with Gasteiger partial charge in [-0.2, -0.15) is 0 Å². The second-order valence-corrected chi connectivity index (χ2v) is 5.44. The number of nitrogens with zero attached hydrogens (tertiary/aromatic N) is 2. The van der Waals surface area contributed by atoms with Gasteiger partial charge in [0.2, 0.25) is 5.91 Å². The first-order chi connectivity index (χ1) is 9.15. The van der Waals surface area contributed by atoms with Gasteiger partial charge in [-0.25, -0.2) is 0 Å². The van der Waals surface area contributed by atoms with Crippen molar-refractivity contribution in [2.75, 3.05) is 32.7 Å². The van der Waals surface area contributed by atoms with Crippen LogP contribution in [0.25, 0.3) is 0 Å². The Bertz CT molecular complexity index is 423. The van der Waals surface area contributed by atoms with Crippen molar-refractivity contribution in [3.63, 3.8) is 0 Å². The van der Waals surface area contributed by atoms with Crippen LogP contribution in [0.3, 0.4) is 0 Å². The highest BCUT2D eigenvalue weighted by atomic mass is 16.2. The molecule has 0 atom stereocenters. The van der Waals surface area contributed by atoms with Crippen LogP contribution in [0.4, 0.5) is 0 Å². The van der Waals surface area contributed by atoms with Gasteiger partial charge in [-0.15, -0.1) is 0 Å². The molecule has 2 rings (SSSR count). The summed E-state index contributed by atoms with van der Waals surface area (Å²) in [5, 5.41) is 0. The van der Waals surface area contributed by atoms with Crippen LogP contribution in [0.2, 0.25) is 0 Å². The molecule has 0 bridgehead atoms. The molecule has 1 aromatic rings. The first-order valence-corrected chi connectivity index (χ1v) is 7.18. The van der Waals surface area contributed by atoms with E-state index in [0.29, 0.717) is 0 Å². The van der Waals surface area contributed by atoms with Crippen molar-refractivity contribution in [1.29, 1.82) is 0 Å². The largest absolute Gasteiger partial charge is 0.340 e. The van der Waals surface area contributed by atoms with E-state index in [-0.39, 0.29) is 5.91 Å². The van der Waals surface area contributed by atoms with Gasteiger partial charge in [0.15, 0.2) is 0 Å². The smallest absolute Gasteiger partial charge is 0.219 e. The van der Waals surface area contributed by atoms with Crippen LogP contribution in [0.1, 0.15) is 24.5 Å². The molecule has 1 fully saturated rings. The molecule has 0 unspecified atom stereocenters. The van der Waals surface area contributed by atoms with Crippen LogP contribution in [-0.4, -0.2) is 48.4 Å². The fourth-order valence-corrected chi connectivity index (χ4v) is 2.66. The number of rotatable bonds is 4. The highest BCUT2D eigenvalue weighted by molar-refractivity contribution is 5.73. The van der Waals surface area contributed by atoms with Crippen molar-refractivity contribution in [2.24, 2.45) is 0 Å². The summed E-state index contributed by atoms with van der Waals surface area (Å²) in [6.45, 7) is 8.76. The predicted molar refractivity (Wildman–Crippen MR) is 78.2 cm³/mol. The van der Waals surface area contributed by atoms with E-state index < -0.39 is 0 Å². The summed E-state index contributed by atoms with van der Waals surface area (Å²) in [6.07, 6.45) is 2.35. The van der Waals surface area contributed by atoms with Crippen molar-refractivity contribution < 1.29 is 4.79 Å². The lowest BCUT2D eigenvalue weighted by molar-refractivity contribution is -0.130. The van der Waals surface area contributed by atoms with E-state index in [0.717, 1.165) is 39.1 Å². The minimum absolute atomic E-state index is 0.208. The lowest BCUT2D eigenvalue weighted by Crippen LogP contribution is -2.48. The zero-order valence-electron chi connectivity index (χ0n) is 12.1. The van der Waals surface area contributed by atoms with Crippen LogP contribution in [0.5, 0.6) is 0 Å². The summed E-state index contributed by atoms with van der Waals surface area (Å²) in [5.41, 5.74) is 2.77. The molecule has 19 heavy (non-hydrogen) atoms. The highest BCUT2D eigenvalue weighted by Gasteiger charge is 2.17. The summed E-state index contributed by atoms with van der Waals surface area (Å²) in [6, 6.07) is 8.76. The molecule has 1 aliphatic heterocycles. The summed E-state index contributed by atoms with van der Waals surface area (Å²) >= 11 is 0. The standard InChI is InChI=1S/C16H24N2O/c1-14-5-3-6-16(13-14)7-4-8-17-9-11-18(12-10-17)15(2)19/h3,5-6,13H,4,7-12H2,1-2H3. The molecule has 3 heteroatoms. The normalized spacial score (nSPS) is 16.6. The maximum Gasteiger partial charge on any atom is 0.219 e. The third kappa shape index (κ3) is 4.35. The van der Waals surface area contributed by atoms with Crippen LogP contribution < -0.4 is 0 Å². The first kappa shape index (κ1) is 14.1. The maximum atomic E-state index is 11.2. The second kappa shape index (κ2) is 6.71. The molecule has 1 aromatic carbocycles. The molecule has 0 N–H and O–H groups in total. The van der Waals surface area contributed by atoms with E-state index in [2.05, 4.69) is 36.1 Å². The molecule has 3 nitrogen and oxygen atoms in total. The van der Waals surface area contributed by atoms with Crippen molar-refractivity contribution in [2.45, 2.75) is 26.7 Å². The number of aryl methyl sites for hydroxylation is 2. The Morgan fingerprint density at radius 3 is 2.58 bits per heavy atom. The quantitative estimate of drug-likeness (QED) is 0.827.